The zero-order valence-electron chi connectivity index (χ0n) is 13.5. The van der Waals surface area contributed by atoms with Gasteiger partial charge in [0.15, 0.2) is 11.4 Å². The molecule has 26 heavy (non-hydrogen) atoms. The van der Waals surface area contributed by atoms with Gasteiger partial charge in [-0.05, 0) is 24.0 Å². The molecule has 2 atom stereocenters. The molecular formula is C16H15F4N5O. The van der Waals surface area contributed by atoms with Crippen LogP contribution in [0.15, 0.2) is 24.3 Å². The van der Waals surface area contributed by atoms with Crippen LogP contribution in [-0.4, -0.2) is 52.0 Å². The third-order valence-electron chi connectivity index (χ3n) is 4.90. The molecule has 138 valence electrons. The molecule has 2 fully saturated rings. The van der Waals surface area contributed by atoms with Gasteiger partial charge in [0.2, 0.25) is 0 Å². The SMILES string of the molecule is O=C(c1nnn(-c2ccccc2F)c1C(F)(F)F)N1C[C@H]2CNC[C@H]2C1. The lowest BCUT2D eigenvalue weighted by molar-refractivity contribution is -0.143. The first-order valence-electron chi connectivity index (χ1n) is 8.14. The van der Waals surface area contributed by atoms with Crippen LogP contribution in [0.4, 0.5) is 17.6 Å². The number of fused-ring (bicyclic) bond motifs is 1. The Kier molecular flexibility index (Phi) is 3.94. The second-order valence-electron chi connectivity index (χ2n) is 6.54. The van der Waals surface area contributed by atoms with E-state index in [-0.39, 0.29) is 11.8 Å². The topological polar surface area (TPSA) is 63.1 Å². The summed E-state index contributed by atoms with van der Waals surface area (Å²) in [6.07, 6.45) is -4.91. The molecule has 0 spiro atoms. The van der Waals surface area contributed by atoms with Gasteiger partial charge in [-0.25, -0.2) is 9.07 Å². The number of hydrogen-bond acceptors (Lipinski definition) is 4. The molecule has 2 aromatic rings. The molecule has 10 heteroatoms. The number of nitrogens with one attached hydrogen (secondary N) is 1. The first kappa shape index (κ1) is 17.0. The Morgan fingerprint density at radius 1 is 1.15 bits per heavy atom. The molecule has 0 unspecified atom stereocenters. The first-order valence-corrected chi connectivity index (χ1v) is 8.14. The van der Waals surface area contributed by atoms with Gasteiger partial charge in [-0.15, -0.1) is 5.10 Å². The fraction of sp³-hybridized carbons (Fsp3) is 0.438. The van der Waals surface area contributed by atoms with Crippen molar-refractivity contribution in [3.63, 3.8) is 0 Å². The summed E-state index contributed by atoms with van der Waals surface area (Å²) in [7, 11) is 0. The number of para-hydroxylation sites is 1. The standard InChI is InChI=1S/C16H15F4N5O/c17-11-3-1-2-4-12(11)25-14(16(18,19)20)13(22-23-25)15(26)24-7-9-5-21-6-10(9)8-24/h1-4,9-10,21H,5-8H2/t9-,10+. The number of amides is 1. The van der Waals surface area contributed by atoms with Gasteiger partial charge in [-0.2, -0.15) is 13.2 Å². The van der Waals surface area contributed by atoms with Crippen molar-refractivity contribution >= 4 is 5.91 Å². The number of likely N-dealkylation sites (tertiary alicyclic amines) is 1. The average Bonchev–Trinajstić information content (AvgIpc) is 3.27. The quantitative estimate of drug-likeness (QED) is 0.819. The van der Waals surface area contributed by atoms with E-state index in [0.29, 0.717) is 17.8 Å². The zero-order chi connectivity index (χ0) is 18.5. The molecule has 0 radical (unpaired) electrons. The summed E-state index contributed by atoms with van der Waals surface area (Å²) in [5.74, 6) is -1.25. The normalized spacial score (nSPS) is 22.7. The number of carbonyl (C=O) groups excluding carboxylic acids is 1. The maximum Gasteiger partial charge on any atom is 0.435 e. The van der Waals surface area contributed by atoms with Crippen LogP contribution in [0.25, 0.3) is 5.69 Å². The minimum absolute atomic E-state index is 0.231. The molecule has 4 rings (SSSR count). The molecule has 6 nitrogen and oxygen atoms in total. The van der Waals surface area contributed by atoms with E-state index < -0.39 is 35.0 Å². The number of nitrogens with zero attached hydrogens (tertiary/aromatic N) is 4. The molecule has 1 N–H and O–H groups in total. The van der Waals surface area contributed by atoms with Crippen LogP contribution in [0.5, 0.6) is 0 Å². The number of aromatic nitrogens is 3. The maximum atomic E-state index is 14.0. The van der Waals surface area contributed by atoms with Crippen LogP contribution < -0.4 is 5.32 Å². The highest BCUT2D eigenvalue weighted by molar-refractivity contribution is 5.93. The Morgan fingerprint density at radius 3 is 2.42 bits per heavy atom. The third-order valence-corrected chi connectivity index (χ3v) is 4.90. The molecule has 2 aliphatic rings. The monoisotopic (exact) mass is 369 g/mol. The van der Waals surface area contributed by atoms with E-state index in [1.165, 1.54) is 17.0 Å². The molecular weight excluding hydrogens is 354 g/mol. The molecule has 0 bridgehead atoms. The lowest BCUT2D eigenvalue weighted by Gasteiger charge is -2.17. The zero-order valence-corrected chi connectivity index (χ0v) is 13.5. The summed E-state index contributed by atoms with van der Waals surface area (Å²) in [6, 6.07) is 4.91. The summed E-state index contributed by atoms with van der Waals surface area (Å²) in [4.78, 5) is 14.0. The number of halogens is 4. The van der Waals surface area contributed by atoms with E-state index >= 15 is 0 Å². The van der Waals surface area contributed by atoms with Gasteiger partial charge in [0.1, 0.15) is 11.5 Å². The Morgan fingerprint density at radius 2 is 1.81 bits per heavy atom. The molecule has 1 aromatic heterocycles. The summed E-state index contributed by atoms with van der Waals surface area (Å²) in [5, 5.41) is 10.1. The Bertz CT molecular complexity index is 837. The van der Waals surface area contributed by atoms with Crippen LogP contribution in [-0.2, 0) is 6.18 Å². The fourth-order valence-corrected chi connectivity index (χ4v) is 3.64. The number of carbonyl (C=O) groups is 1. The minimum Gasteiger partial charge on any atom is -0.337 e. The minimum atomic E-state index is -4.91. The molecule has 2 aliphatic heterocycles. The van der Waals surface area contributed by atoms with Crippen LogP contribution in [0.2, 0.25) is 0 Å². The number of hydrogen-bond donors (Lipinski definition) is 1. The highest BCUT2D eigenvalue weighted by Crippen LogP contribution is 2.35. The fourth-order valence-electron chi connectivity index (χ4n) is 3.64. The van der Waals surface area contributed by atoms with Gasteiger partial charge in [0, 0.05) is 26.2 Å². The van der Waals surface area contributed by atoms with Crippen molar-refractivity contribution < 1.29 is 22.4 Å². The summed E-state index contributed by atoms with van der Waals surface area (Å²) < 4.78 is 55.2. The molecule has 0 aliphatic carbocycles. The van der Waals surface area contributed by atoms with E-state index in [2.05, 4.69) is 15.6 Å². The van der Waals surface area contributed by atoms with Crippen molar-refractivity contribution in [3.8, 4) is 5.69 Å². The van der Waals surface area contributed by atoms with Gasteiger partial charge in [-0.3, -0.25) is 4.79 Å². The number of benzene rings is 1. The highest BCUT2D eigenvalue weighted by atomic mass is 19.4. The second-order valence-corrected chi connectivity index (χ2v) is 6.54. The van der Waals surface area contributed by atoms with Crippen molar-refractivity contribution in [1.29, 1.82) is 0 Å². The molecule has 1 aromatic carbocycles. The highest BCUT2D eigenvalue weighted by Gasteiger charge is 2.45. The molecule has 2 saturated heterocycles. The van der Waals surface area contributed by atoms with E-state index in [1.54, 1.807) is 0 Å². The predicted octanol–water partition coefficient (Wildman–Crippen LogP) is 1.72. The van der Waals surface area contributed by atoms with Gasteiger partial charge in [-0.1, -0.05) is 17.3 Å². The summed E-state index contributed by atoms with van der Waals surface area (Å²) in [5.41, 5.74) is -2.56. The number of alkyl halides is 3. The Balaban J connectivity index is 1.73. The van der Waals surface area contributed by atoms with E-state index in [1.807, 2.05) is 0 Å². The van der Waals surface area contributed by atoms with E-state index in [0.717, 1.165) is 25.2 Å². The van der Waals surface area contributed by atoms with Gasteiger partial charge < -0.3 is 10.2 Å². The smallest absolute Gasteiger partial charge is 0.337 e. The molecule has 0 saturated carbocycles. The van der Waals surface area contributed by atoms with E-state index in [4.69, 9.17) is 0 Å². The molecule has 3 heterocycles. The van der Waals surface area contributed by atoms with E-state index in [9.17, 15) is 22.4 Å². The summed E-state index contributed by atoms with van der Waals surface area (Å²) in [6.45, 7) is 2.23. The lowest BCUT2D eigenvalue weighted by atomic mass is 10.0. The predicted molar refractivity (Wildman–Crippen MR) is 82.1 cm³/mol. The second kappa shape index (κ2) is 6.04. The van der Waals surface area contributed by atoms with Crippen molar-refractivity contribution in [2.75, 3.05) is 26.2 Å². The maximum absolute atomic E-state index is 14.0. The molecule has 1 amide bonds. The van der Waals surface area contributed by atoms with Crippen molar-refractivity contribution in [1.82, 2.24) is 25.2 Å². The number of rotatable bonds is 2. The van der Waals surface area contributed by atoms with Gasteiger partial charge >= 0.3 is 6.18 Å². The van der Waals surface area contributed by atoms with Crippen LogP contribution in [0.3, 0.4) is 0 Å². The average molecular weight is 369 g/mol. The Hall–Kier alpha value is -2.49. The van der Waals surface area contributed by atoms with Crippen molar-refractivity contribution in [2.45, 2.75) is 6.18 Å². The van der Waals surface area contributed by atoms with Crippen LogP contribution in [0.1, 0.15) is 16.2 Å². The summed E-state index contributed by atoms with van der Waals surface area (Å²) >= 11 is 0. The van der Waals surface area contributed by atoms with Crippen molar-refractivity contribution in [3.05, 3.63) is 41.5 Å². The largest absolute Gasteiger partial charge is 0.435 e. The first-order chi connectivity index (χ1) is 12.4. The Labute approximate surface area is 145 Å². The van der Waals surface area contributed by atoms with Crippen molar-refractivity contribution in [2.24, 2.45) is 11.8 Å². The van der Waals surface area contributed by atoms with Gasteiger partial charge in [0.05, 0.1) is 0 Å². The lowest BCUT2D eigenvalue weighted by Crippen LogP contribution is -2.33. The van der Waals surface area contributed by atoms with Crippen LogP contribution in [0, 0.1) is 17.7 Å². The van der Waals surface area contributed by atoms with Crippen LogP contribution >= 0.6 is 0 Å². The van der Waals surface area contributed by atoms with Gasteiger partial charge in [0.25, 0.3) is 5.91 Å². The third kappa shape index (κ3) is 2.74.